The minimum Gasteiger partial charge on any atom is -0.469 e. The lowest BCUT2D eigenvalue weighted by molar-refractivity contribution is -0.130. The summed E-state index contributed by atoms with van der Waals surface area (Å²) in [6.45, 7) is 3.83. The van der Waals surface area contributed by atoms with Crippen LogP contribution >= 0.6 is 0 Å². The summed E-state index contributed by atoms with van der Waals surface area (Å²) in [5.74, 6) is 0.770. The van der Waals surface area contributed by atoms with Crippen molar-refractivity contribution >= 4 is 5.78 Å². The van der Waals surface area contributed by atoms with Crippen LogP contribution in [0.15, 0.2) is 22.8 Å². The zero-order chi connectivity index (χ0) is 11.8. The van der Waals surface area contributed by atoms with Gasteiger partial charge in [0.1, 0.15) is 11.2 Å². The molecule has 2 rings (SSSR count). The van der Waals surface area contributed by atoms with E-state index in [0.717, 1.165) is 6.42 Å². The molecule has 16 heavy (non-hydrogen) atoms. The van der Waals surface area contributed by atoms with Crippen LogP contribution in [0.3, 0.4) is 0 Å². The maximum atomic E-state index is 12.2. The lowest BCUT2D eigenvalue weighted by Crippen LogP contribution is -2.32. The second-order valence-electron chi connectivity index (χ2n) is 5.16. The smallest absolute Gasteiger partial charge is 0.159 e. The predicted octanol–water partition coefficient (Wildman–Crippen LogP) is 2.72. The number of Topliss-reactive ketones (excluding diaryl/α,β-unsaturated/α-hetero) is 1. The van der Waals surface area contributed by atoms with Gasteiger partial charge in [0.25, 0.3) is 0 Å². The lowest BCUT2D eigenvalue weighted by atomic mass is 9.78. The van der Waals surface area contributed by atoms with E-state index in [1.165, 1.54) is 0 Å². The van der Waals surface area contributed by atoms with Gasteiger partial charge in [-0.2, -0.15) is 5.26 Å². The molecule has 84 valence electrons. The maximum Gasteiger partial charge on any atom is 0.159 e. The quantitative estimate of drug-likeness (QED) is 0.765. The molecule has 0 bridgehead atoms. The third-order valence-corrected chi connectivity index (χ3v) is 3.50. The minimum atomic E-state index is -0.874. The highest BCUT2D eigenvalue weighted by atomic mass is 16.3. The van der Waals surface area contributed by atoms with Gasteiger partial charge in [-0.3, -0.25) is 4.79 Å². The number of hydrogen-bond acceptors (Lipinski definition) is 3. The molecule has 1 saturated carbocycles. The van der Waals surface area contributed by atoms with Gasteiger partial charge in [0, 0.05) is 11.8 Å². The van der Waals surface area contributed by atoms with Gasteiger partial charge in [0.2, 0.25) is 0 Å². The zero-order valence-electron chi connectivity index (χ0n) is 9.62. The number of hydrogen-bond donors (Lipinski definition) is 0. The molecule has 3 heteroatoms. The van der Waals surface area contributed by atoms with Crippen molar-refractivity contribution in [3.63, 3.8) is 0 Å². The predicted molar refractivity (Wildman–Crippen MR) is 58.5 cm³/mol. The van der Waals surface area contributed by atoms with E-state index in [1.807, 2.05) is 19.9 Å². The monoisotopic (exact) mass is 217 g/mol. The number of ketones is 1. The molecule has 1 atom stereocenters. The molecule has 1 unspecified atom stereocenters. The summed E-state index contributed by atoms with van der Waals surface area (Å²) < 4.78 is 5.24. The first-order valence-corrected chi connectivity index (χ1v) is 5.49. The molecule has 1 aromatic heterocycles. The van der Waals surface area contributed by atoms with Crippen LogP contribution in [0.4, 0.5) is 0 Å². The van der Waals surface area contributed by atoms with Gasteiger partial charge in [0.05, 0.1) is 12.3 Å². The molecule has 0 N–H and O–H groups in total. The Labute approximate surface area is 95.1 Å². The Balaban J connectivity index is 2.29. The van der Waals surface area contributed by atoms with Gasteiger partial charge in [-0.25, -0.2) is 0 Å². The molecular formula is C13H15NO2. The van der Waals surface area contributed by atoms with E-state index in [-0.39, 0.29) is 11.2 Å². The Bertz CT molecular complexity index is 439. The van der Waals surface area contributed by atoms with E-state index < -0.39 is 5.41 Å². The number of carbonyl (C=O) groups is 1. The summed E-state index contributed by atoms with van der Waals surface area (Å²) in [4.78, 5) is 12.2. The molecule has 1 aliphatic carbocycles. The van der Waals surface area contributed by atoms with Gasteiger partial charge >= 0.3 is 0 Å². The topological polar surface area (TPSA) is 54.0 Å². The molecule has 0 amide bonds. The zero-order valence-corrected chi connectivity index (χ0v) is 9.62. The van der Waals surface area contributed by atoms with Crippen molar-refractivity contribution in [2.45, 2.75) is 33.1 Å². The first kappa shape index (κ1) is 10.9. The van der Waals surface area contributed by atoms with Crippen LogP contribution in [-0.4, -0.2) is 5.78 Å². The Hall–Kier alpha value is -1.56. The van der Waals surface area contributed by atoms with Gasteiger partial charge in [-0.1, -0.05) is 13.8 Å². The third kappa shape index (κ3) is 1.55. The Morgan fingerprint density at radius 1 is 1.50 bits per heavy atom. The van der Waals surface area contributed by atoms with Crippen molar-refractivity contribution in [2.24, 2.45) is 10.8 Å². The molecular weight excluding hydrogens is 202 g/mol. The average Bonchev–Trinajstić information content (AvgIpc) is 2.82. The molecule has 1 heterocycles. The Morgan fingerprint density at radius 2 is 2.25 bits per heavy atom. The second kappa shape index (κ2) is 3.48. The SMILES string of the molecule is CC1(C)CCC(C#N)(Cc2ccco2)C1=O. The van der Waals surface area contributed by atoms with Gasteiger partial charge < -0.3 is 4.42 Å². The molecule has 0 aromatic carbocycles. The van der Waals surface area contributed by atoms with E-state index in [1.54, 1.807) is 12.3 Å². The fourth-order valence-corrected chi connectivity index (χ4v) is 2.43. The van der Waals surface area contributed by atoms with Crippen LogP contribution in [-0.2, 0) is 11.2 Å². The van der Waals surface area contributed by atoms with Crippen molar-refractivity contribution < 1.29 is 9.21 Å². The number of carbonyl (C=O) groups excluding carboxylic acids is 1. The fourth-order valence-electron chi connectivity index (χ4n) is 2.43. The number of rotatable bonds is 2. The third-order valence-electron chi connectivity index (χ3n) is 3.50. The number of nitrogens with zero attached hydrogens (tertiary/aromatic N) is 1. The summed E-state index contributed by atoms with van der Waals surface area (Å²) >= 11 is 0. The molecule has 0 spiro atoms. The molecule has 1 aromatic rings. The highest BCUT2D eigenvalue weighted by Crippen LogP contribution is 2.47. The lowest BCUT2D eigenvalue weighted by Gasteiger charge is -2.21. The summed E-state index contributed by atoms with van der Waals surface area (Å²) in [6.07, 6.45) is 3.39. The van der Waals surface area contributed by atoms with Gasteiger partial charge in [-0.05, 0) is 25.0 Å². The van der Waals surface area contributed by atoms with E-state index in [9.17, 15) is 10.1 Å². The Morgan fingerprint density at radius 3 is 2.69 bits per heavy atom. The maximum absolute atomic E-state index is 12.2. The van der Waals surface area contributed by atoms with Crippen LogP contribution in [0, 0.1) is 22.2 Å². The first-order chi connectivity index (χ1) is 7.50. The number of furan rings is 1. The van der Waals surface area contributed by atoms with Gasteiger partial charge in [-0.15, -0.1) is 0 Å². The molecule has 0 aliphatic heterocycles. The van der Waals surface area contributed by atoms with E-state index in [2.05, 4.69) is 6.07 Å². The highest BCUT2D eigenvalue weighted by molar-refractivity contribution is 5.94. The van der Waals surface area contributed by atoms with Crippen LogP contribution in [0.25, 0.3) is 0 Å². The molecule has 0 saturated heterocycles. The van der Waals surface area contributed by atoms with Crippen molar-refractivity contribution in [2.75, 3.05) is 0 Å². The molecule has 0 radical (unpaired) electrons. The molecule has 1 aliphatic rings. The molecule has 1 fully saturated rings. The summed E-state index contributed by atoms with van der Waals surface area (Å²) in [6, 6.07) is 5.81. The summed E-state index contributed by atoms with van der Waals surface area (Å²) in [5, 5.41) is 9.31. The van der Waals surface area contributed by atoms with Crippen LogP contribution in [0.1, 0.15) is 32.4 Å². The van der Waals surface area contributed by atoms with E-state index >= 15 is 0 Å². The highest BCUT2D eigenvalue weighted by Gasteiger charge is 2.52. The van der Waals surface area contributed by atoms with Crippen LogP contribution in [0.2, 0.25) is 0 Å². The standard InChI is InChI=1S/C13H15NO2/c1-12(2)5-6-13(9-14,11(12)15)8-10-4-3-7-16-10/h3-4,7H,5-6,8H2,1-2H3. The number of nitriles is 1. The van der Waals surface area contributed by atoms with E-state index in [0.29, 0.717) is 18.6 Å². The van der Waals surface area contributed by atoms with Crippen molar-refractivity contribution in [1.82, 2.24) is 0 Å². The van der Waals surface area contributed by atoms with Crippen molar-refractivity contribution in [3.05, 3.63) is 24.2 Å². The van der Waals surface area contributed by atoms with E-state index in [4.69, 9.17) is 4.42 Å². The molecule has 3 nitrogen and oxygen atoms in total. The van der Waals surface area contributed by atoms with Gasteiger partial charge in [0.15, 0.2) is 5.78 Å². The van der Waals surface area contributed by atoms with Crippen LogP contribution < -0.4 is 0 Å². The summed E-state index contributed by atoms with van der Waals surface area (Å²) in [7, 11) is 0. The van der Waals surface area contributed by atoms with Crippen molar-refractivity contribution in [3.8, 4) is 6.07 Å². The normalized spacial score (nSPS) is 27.9. The largest absolute Gasteiger partial charge is 0.469 e. The van der Waals surface area contributed by atoms with Crippen LogP contribution in [0.5, 0.6) is 0 Å². The fraction of sp³-hybridized carbons (Fsp3) is 0.538. The van der Waals surface area contributed by atoms with Crippen molar-refractivity contribution in [1.29, 1.82) is 5.26 Å². The average molecular weight is 217 g/mol. The second-order valence-corrected chi connectivity index (χ2v) is 5.16. The Kier molecular flexibility index (Phi) is 2.38. The minimum absolute atomic E-state index is 0.0545. The first-order valence-electron chi connectivity index (χ1n) is 5.49. The summed E-state index contributed by atoms with van der Waals surface area (Å²) in [5.41, 5.74) is -1.25.